The fourth-order valence-corrected chi connectivity index (χ4v) is 5.15. The molecule has 0 heterocycles. The summed E-state index contributed by atoms with van der Waals surface area (Å²) >= 11 is 7.41. The predicted octanol–water partition coefficient (Wildman–Crippen LogP) is 6.67. The molecule has 0 aliphatic rings. The van der Waals surface area contributed by atoms with Crippen LogP contribution in [0.2, 0.25) is 0 Å². The van der Waals surface area contributed by atoms with E-state index in [2.05, 4.69) is 38.8 Å². The van der Waals surface area contributed by atoms with E-state index in [1.807, 2.05) is 44.2 Å². The molecule has 0 aliphatic heterocycles. The van der Waals surface area contributed by atoms with Crippen LogP contribution in [0.3, 0.4) is 0 Å². The molecule has 0 saturated carbocycles. The van der Waals surface area contributed by atoms with E-state index in [1.54, 1.807) is 6.07 Å². The van der Waals surface area contributed by atoms with Crippen molar-refractivity contribution < 1.29 is 13.0 Å². The average Bonchev–Trinajstić information content (AvgIpc) is 2.66. The topological polar surface area (TPSA) is 93.7 Å². The molecule has 0 spiro atoms. The fraction of sp³-hybridized carbons (Fsp3) is 0.182. The van der Waals surface area contributed by atoms with Crippen LogP contribution in [-0.2, 0) is 16.5 Å². The first-order chi connectivity index (χ1) is 13.1. The molecular weight excluding hydrogens is 518 g/mol. The first kappa shape index (κ1) is 23.8. The van der Waals surface area contributed by atoms with Gasteiger partial charge in [-0.3, -0.25) is 0 Å². The molecule has 29 heavy (non-hydrogen) atoms. The van der Waals surface area contributed by atoms with Gasteiger partial charge in [-0.05, 0) is 88.6 Å². The molecule has 0 aliphatic carbocycles. The molecule has 0 atom stereocenters. The van der Waals surface area contributed by atoms with Gasteiger partial charge in [-0.1, -0.05) is 52.3 Å². The molecule has 0 fully saturated rings. The second-order valence-electron chi connectivity index (χ2n) is 6.81. The lowest BCUT2D eigenvalue weighted by Gasteiger charge is -2.20. The van der Waals surface area contributed by atoms with E-state index < -0.39 is 10.1 Å². The highest BCUT2D eigenvalue weighted by Gasteiger charge is 2.19. The average molecular weight is 541 g/mol. The molecule has 0 radical (unpaired) electrons. The summed E-state index contributed by atoms with van der Waals surface area (Å²) in [5.41, 5.74) is 7.06. The fourth-order valence-electron chi connectivity index (χ4n) is 3.32. The molecule has 4 N–H and O–H groups in total. The van der Waals surface area contributed by atoms with Crippen LogP contribution in [0, 0.1) is 20.8 Å². The number of benzene rings is 3. The van der Waals surface area contributed by atoms with Gasteiger partial charge in [0.1, 0.15) is 10.1 Å². The third-order valence-corrected chi connectivity index (χ3v) is 8.03. The van der Waals surface area contributed by atoms with Crippen molar-refractivity contribution in [1.82, 2.24) is 6.15 Å². The Balaban J connectivity index is 0.00000300. The number of rotatable bonds is 4. The maximum Gasteiger partial charge on any atom is 0.124 e. The smallest absolute Gasteiger partial charge is 0.124 e. The van der Waals surface area contributed by atoms with Crippen molar-refractivity contribution in [2.45, 2.75) is 32.1 Å². The Kier molecular flexibility index (Phi) is 7.46. The molecule has 3 aromatic rings. The van der Waals surface area contributed by atoms with Crippen molar-refractivity contribution in [1.29, 1.82) is 0 Å². The molecule has 4 nitrogen and oxygen atoms in total. The Bertz CT molecular complexity index is 1130. The van der Waals surface area contributed by atoms with E-state index in [4.69, 9.17) is 0 Å². The van der Waals surface area contributed by atoms with Crippen molar-refractivity contribution in [2.75, 3.05) is 0 Å². The molecular formula is C22H23Br2NO3S. The van der Waals surface area contributed by atoms with E-state index in [9.17, 15) is 13.0 Å². The van der Waals surface area contributed by atoms with Crippen LogP contribution in [0.25, 0.3) is 11.1 Å². The second kappa shape index (κ2) is 9.10. The minimum absolute atomic E-state index is 0. The van der Waals surface area contributed by atoms with Gasteiger partial charge in [-0.2, -0.15) is 0 Å². The summed E-state index contributed by atoms with van der Waals surface area (Å²) in [6.45, 7) is 6.13. The molecule has 0 aromatic heterocycles. The van der Waals surface area contributed by atoms with Crippen molar-refractivity contribution in [3.8, 4) is 11.1 Å². The minimum atomic E-state index is -4.53. The van der Waals surface area contributed by atoms with Gasteiger partial charge >= 0.3 is 0 Å². The van der Waals surface area contributed by atoms with Crippen LogP contribution in [0.1, 0.15) is 27.8 Å². The summed E-state index contributed by atoms with van der Waals surface area (Å²) in [6, 6.07) is 14.4. The van der Waals surface area contributed by atoms with Crippen LogP contribution in [0.5, 0.6) is 0 Å². The van der Waals surface area contributed by atoms with Crippen LogP contribution in [-0.4, -0.2) is 13.0 Å². The first-order valence-corrected chi connectivity index (χ1v) is 11.7. The second-order valence-corrected chi connectivity index (χ2v) is 9.78. The monoisotopic (exact) mass is 539 g/mol. The number of halogens is 2. The van der Waals surface area contributed by atoms with Gasteiger partial charge in [-0.25, -0.2) is 8.42 Å². The summed E-state index contributed by atoms with van der Waals surface area (Å²) in [4.78, 5) is -0.209. The normalized spacial score (nSPS) is 11.2. The molecule has 154 valence electrons. The van der Waals surface area contributed by atoms with Crippen molar-refractivity contribution in [2.24, 2.45) is 0 Å². The SMILES string of the molecule is Cc1c(C)c(Br)c(-c2ccc(S(=O)(=O)[O-])cc2Cc2ccccc2)c(C)c1Br.[NH4+]. The lowest BCUT2D eigenvalue weighted by Crippen LogP contribution is -2.03. The Morgan fingerprint density at radius 3 is 2.03 bits per heavy atom. The molecule has 0 bridgehead atoms. The zero-order chi connectivity index (χ0) is 20.6. The van der Waals surface area contributed by atoms with Crippen molar-refractivity contribution >= 4 is 42.0 Å². The van der Waals surface area contributed by atoms with Crippen LogP contribution in [0.15, 0.2) is 62.4 Å². The van der Waals surface area contributed by atoms with Crippen LogP contribution >= 0.6 is 31.9 Å². The van der Waals surface area contributed by atoms with Crippen molar-refractivity contribution in [3.63, 3.8) is 0 Å². The Morgan fingerprint density at radius 2 is 1.45 bits per heavy atom. The molecule has 7 heteroatoms. The Hall–Kier alpha value is -1.51. The molecule has 0 unspecified atom stereocenters. The standard InChI is InChI=1S/C22H20Br2O3S.H3N/c1-13-14(2)22(24)20(15(3)21(13)23)19-10-9-18(28(25,26)27)12-17(19)11-16-7-5-4-6-8-16;/h4-10,12H,11H2,1-3H3,(H,25,26,27);1H3. The molecule has 0 saturated heterocycles. The third-order valence-electron chi connectivity index (χ3n) is 5.02. The first-order valence-electron chi connectivity index (χ1n) is 8.69. The zero-order valence-corrected chi connectivity index (χ0v) is 20.7. The van der Waals surface area contributed by atoms with Gasteiger partial charge in [0, 0.05) is 14.5 Å². The summed E-state index contributed by atoms with van der Waals surface area (Å²) in [5.74, 6) is 0. The van der Waals surface area contributed by atoms with E-state index in [-0.39, 0.29) is 11.0 Å². The highest BCUT2D eigenvalue weighted by atomic mass is 79.9. The summed E-state index contributed by atoms with van der Waals surface area (Å²) in [5, 5.41) is 0. The highest BCUT2D eigenvalue weighted by molar-refractivity contribution is 9.11. The largest absolute Gasteiger partial charge is 0.744 e. The maximum absolute atomic E-state index is 11.6. The van der Waals surface area contributed by atoms with Crippen LogP contribution < -0.4 is 6.15 Å². The number of hydrogen-bond acceptors (Lipinski definition) is 3. The highest BCUT2D eigenvalue weighted by Crippen LogP contribution is 2.42. The van der Waals surface area contributed by atoms with E-state index in [1.165, 1.54) is 12.1 Å². The lowest BCUT2D eigenvalue weighted by atomic mass is 9.90. The maximum atomic E-state index is 11.6. The van der Waals surface area contributed by atoms with Gasteiger partial charge in [0.05, 0.1) is 4.90 Å². The number of quaternary nitrogens is 1. The van der Waals surface area contributed by atoms with Gasteiger partial charge in [-0.15, -0.1) is 0 Å². The summed E-state index contributed by atoms with van der Waals surface area (Å²) in [7, 11) is -4.53. The number of hydrogen-bond donors (Lipinski definition) is 1. The summed E-state index contributed by atoms with van der Waals surface area (Å²) in [6.07, 6.45) is 0.524. The quantitative estimate of drug-likeness (QED) is 0.374. The lowest BCUT2D eigenvalue weighted by molar-refractivity contribution is 0.463. The van der Waals surface area contributed by atoms with Crippen LogP contribution in [0.4, 0.5) is 0 Å². The minimum Gasteiger partial charge on any atom is -0.744 e. The Morgan fingerprint density at radius 1 is 0.862 bits per heavy atom. The van der Waals surface area contributed by atoms with Crippen molar-refractivity contribution in [3.05, 3.63) is 85.3 Å². The van der Waals surface area contributed by atoms with E-state index >= 15 is 0 Å². The van der Waals surface area contributed by atoms with E-state index in [0.717, 1.165) is 47.9 Å². The van der Waals surface area contributed by atoms with E-state index in [0.29, 0.717) is 6.42 Å². The molecule has 3 aromatic carbocycles. The molecule has 0 amide bonds. The van der Waals surface area contributed by atoms with Gasteiger partial charge in [0.15, 0.2) is 0 Å². The van der Waals surface area contributed by atoms with Gasteiger partial charge < -0.3 is 10.7 Å². The molecule has 3 rings (SSSR count). The third kappa shape index (κ3) is 4.81. The zero-order valence-electron chi connectivity index (χ0n) is 16.7. The van der Waals surface area contributed by atoms with Gasteiger partial charge in [0.25, 0.3) is 0 Å². The van der Waals surface area contributed by atoms with Gasteiger partial charge in [0.2, 0.25) is 0 Å². The Labute approximate surface area is 189 Å². The summed E-state index contributed by atoms with van der Waals surface area (Å²) < 4.78 is 36.8. The predicted molar refractivity (Wildman–Crippen MR) is 125 cm³/mol.